The van der Waals surface area contributed by atoms with Crippen molar-refractivity contribution in [3.63, 3.8) is 0 Å². The number of rotatable bonds is 1. The third kappa shape index (κ3) is 1.69. The van der Waals surface area contributed by atoms with Gasteiger partial charge in [0.25, 0.3) is 0 Å². The average Bonchev–Trinajstić information content (AvgIpc) is 2.70. The Hall–Kier alpha value is -2.16. The zero-order chi connectivity index (χ0) is 11.8. The molecule has 0 fully saturated rings. The lowest BCUT2D eigenvalue weighted by Crippen LogP contribution is -1.82. The number of benzene rings is 2. The molecule has 0 aliphatic carbocycles. The van der Waals surface area contributed by atoms with Gasteiger partial charge in [-0.15, -0.1) is 0 Å². The van der Waals surface area contributed by atoms with E-state index in [0.29, 0.717) is 0 Å². The molecule has 0 unspecified atom stereocenters. The Bertz CT molecular complexity index is 668. The monoisotopic (exact) mass is 225 g/mol. The third-order valence-electron chi connectivity index (χ3n) is 2.70. The number of aryl methyl sites for hydroxylation is 1. The highest BCUT2D eigenvalue weighted by Gasteiger charge is 2.07. The Labute approximate surface area is 98.1 Å². The Morgan fingerprint density at radius 3 is 2.71 bits per heavy atom. The summed E-state index contributed by atoms with van der Waals surface area (Å²) < 4.78 is 12.9. The van der Waals surface area contributed by atoms with Crippen LogP contribution in [0.4, 0.5) is 4.39 Å². The van der Waals surface area contributed by atoms with E-state index in [2.05, 4.69) is 16.0 Å². The summed E-state index contributed by atoms with van der Waals surface area (Å²) in [7, 11) is 0. The molecule has 0 aliphatic heterocycles. The second-order valence-corrected chi connectivity index (χ2v) is 3.94. The van der Waals surface area contributed by atoms with Crippen LogP contribution in [0.5, 0.6) is 0 Å². The maximum absolute atomic E-state index is 12.9. The van der Waals surface area contributed by atoms with Crippen LogP contribution in [0.2, 0.25) is 0 Å². The van der Waals surface area contributed by atoms with E-state index >= 15 is 0 Å². The van der Waals surface area contributed by atoms with Gasteiger partial charge in [-0.25, -0.2) is 9.37 Å². The second-order valence-electron chi connectivity index (χ2n) is 3.94. The molecule has 3 aromatic rings. The number of aromatic amines is 1. The number of H-pyrrole nitrogens is 1. The molecule has 0 bridgehead atoms. The highest BCUT2D eigenvalue weighted by atomic mass is 19.1. The van der Waals surface area contributed by atoms with Crippen molar-refractivity contribution >= 4 is 11.0 Å². The molecule has 2 nitrogen and oxygen atoms in total. The van der Waals surface area contributed by atoms with Gasteiger partial charge in [0, 0.05) is 5.56 Å². The minimum Gasteiger partial charge on any atom is -0.342 e. The fraction of sp³-hybridized carbons (Fsp3) is 0.0714. The molecule has 1 heterocycles. The van der Waals surface area contributed by atoms with Crippen LogP contribution in [0.25, 0.3) is 22.2 Å². The van der Waals surface area contributed by atoms with Gasteiger partial charge < -0.3 is 4.98 Å². The van der Waals surface area contributed by atoms with Crippen molar-refractivity contribution in [3.8, 4) is 11.1 Å². The first-order valence-electron chi connectivity index (χ1n) is 5.37. The molecule has 3 rings (SSSR count). The predicted molar refractivity (Wildman–Crippen MR) is 65.1 cm³/mol. The molecule has 0 saturated heterocycles. The molecule has 1 radical (unpaired) electrons. The van der Waals surface area contributed by atoms with Crippen molar-refractivity contribution in [2.45, 2.75) is 6.92 Å². The van der Waals surface area contributed by atoms with Crippen LogP contribution in [0.15, 0.2) is 36.4 Å². The summed E-state index contributed by atoms with van der Waals surface area (Å²) in [6, 6.07) is 13.3. The van der Waals surface area contributed by atoms with Gasteiger partial charge in [0.15, 0.2) is 0 Å². The maximum Gasteiger partial charge on any atom is 0.123 e. The number of imidazole rings is 1. The quantitative estimate of drug-likeness (QED) is 0.674. The summed E-state index contributed by atoms with van der Waals surface area (Å²) in [6.07, 6.45) is 0. The topological polar surface area (TPSA) is 28.7 Å². The lowest BCUT2D eigenvalue weighted by Gasteiger charge is -2.01. The maximum atomic E-state index is 12.9. The molecule has 0 spiro atoms. The van der Waals surface area contributed by atoms with E-state index in [1.807, 2.05) is 19.1 Å². The van der Waals surface area contributed by atoms with E-state index in [9.17, 15) is 4.39 Å². The summed E-state index contributed by atoms with van der Waals surface area (Å²) in [5, 5.41) is 0. The number of fused-ring (bicyclic) bond motifs is 1. The van der Waals surface area contributed by atoms with Gasteiger partial charge in [-0.1, -0.05) is 18.2 Å². The Morgan fingerprint density at radius 2 is 1.94 bits per heavy atom. The van der Waals surface area contributed by atoms with Crippen molar-refractivity contribution in [2.24, 2.45) is 0 Å². The Balaban J connectivity index is 2.26. The normalized spacial score (nSPS) is 10.9. The van der Waals surface area contributed by atoms with E-state index in [0.717, 1.165) is 28.0 Å². The molecule has 83 valence electrons. The Morgan fingerprint density at radius 1 is 1.18 bits per heavy atom. The van der Waals surface area contributed by atoms with E-state index in [1.165, 1.54) is 12.1 Å². The van der Waals surface area contributed by atoms with Gasteiger partial charge >= 0.3 is 0 Å². The molecule has 1 N–H and O–H groups in total. The first kappa shape index (κ1) is 10.0. The van der Waals surface area contributed by atoms with Crippen LogP contribution in [0, 0.1) is 18.8 Å². The highest BCUT2D eigenvalue weighted by molar-refractivity contribution is 5.91. The summed E-state index contributed by atoms with van der Waals surface area (Å²) in [5.74, 6) is 0.627. The van der Waals surface area contributed by atoms with Crippen LogP contribution in [-0.2, 0) is 0 Å². The van der Waals surface area contributed by atoms with Gasteiger partial charge in [-0.2, -0.15) is 0 Å². The predicted octanol–water partition coefficient (Wildman–Crippen LogP) is 3.48. The molecule has 3 heteroatoms. The number of hydrogen-bond donors (Lipinski definition) is 1. The van der Waals surface area contributed by atoms with E-state index < -0.39 is 0 Å². The van der Waals surface area contributed by atoms with Crippen LogP contribution in [0.3, 0.4) is 0 Å². The molecule has 1 aromatic heterocycles. The zero-order valence-electron chi connectivity index (χ0n) is 9.29. The Kier molecular flexibility index (Phi) is 2.18. The first-order valence-corrected chi connectivity index (χ1v) is 5.37. The number of aromatic nitrogens is 2. The largest absolute Gasteiger partial charge is 0.342 e. The fourth-order valence-electron chi connectivity index (χ4n) is 1.93. The third-order valence-corrected chi connectivity index (χ3v) is 2.70. The van der Waals surface area contributed by atoms with Gasteiger partial charge in [0.1, 0.15) is 11.6 Å². The first-order chi connectivity index (χ1) is 8.24. The molecule has 0 atom stereocenters. The van der Waals surface area contributed by atoms with Gasteiger partial charge in [0.2, 0.25) is 0 Å². The van der Waals surface area contributed by atoms with Crippen molar-refractivity contribution in [1.82, 2.24) is 9.97 Å². The molecule has 17 heavy (non-hydrogen) atoms. The minimum absolute atomic E-state index is 0.237. The van der Waals surface area contributed by atoms with Crippen molar-refractivity contribution in [1.29, 1.82) is 0 Å². The van der Waals surface area contributed by atoms with Crippen LogP contribution in [0.1, 0.15) is 5.82 Å². The van der Waals surface area contributed by atoms with Gasteiger partial charge in [0.05, 0.1) is 11.0 Å². The number of nitrogens with one attached hydrogen (secondary N) is 1. The van der Waals surface area contributed by atoms with Crippen molar-refractivity contribution < 1.29 is 4.39 Å². The molecule has 0 saturated carbocycles. The highest BCUT2D eigenvalue weighted by Crippen LogP contribution is 2.26. The molecule has 0 aliphatic rings. The summed E-state index contributed by atoms with van der Waals surface area (Å²) in [4.78, 5) is 7.61. The van der Waals surface area contributed by atoms with E-state index in [1.54, 1.807) is 12.1 Å². The fourth-order valence-corrected chi connectivity index (χ4v) is 1.93. The smallest absolute Gasteiger partial charge is 0.123 e. The standard InChI is InChI=1S/C14H10FN2/c1-9-16-13-4-2-3-12(14(13)17-9)10-5-7-11(15)8-6-10/h2,4-8H,1H3,(H,16,17). The van der Waals surface area contributed by atoms with E-state index in [4.69, 9.17) is 0 Å². The molecule has 0 amide bonds. The average molecular weight is 225 g/mol. The van der Waals surface area contributed by atoms with Gasteiger partial charge in [-0.3, -0.25) is 0 Å². The lowest BCUT2D eigenvalue weighted by molar-refractivity contribution is 0.628. The molecular formula is C14H10FN2. The number of halogens is 1. The molecular weight excluding hydrogens is 215 g/mol. The van der Waals surface area contributed by atoms with E-state index in [-0.39, 0.29) is 5.82 Å². The minimum atomic E-state index is -0.237. The van der Waals surface area contributed by atoms with Crippen LogP contribution < -0.4 is 0 Å². The van der Waals surface area contributed by atoms with Crippen LogP contribution >= 0.6 is 0 Å². The summed E-state index contributed by atoms with van der Waals surface area (Å²) in [6.45, 7) is 1.91. The summed E-state index contributed by atoms with van der Waals surface area (Å²) >= 11 is 0. The molecule has 2 aromatic carbocycles. The van der Waals surface area contributed by atoms with Crippen LogP contribution in [-0.4, -0.2) is 9.97 Å². The number of nitrogens with zero attached hydrogens (tertiary/aromatic N) is 1. The zero-order valence-corrected chi connectivity index (χ0v) is 9.29. The second kappa shape index (κ2) is 3.70. The summed E-state index contributed by atoms with van der Waals surface area (Å²) in [5.41, 5.74) is 3.66. The van der Waals surface area contributed by atoms with Gasteiger partial charge in [-0.05, 0) is 36.8 Å². The van der Waals surface area contributed by atoms with Crippen molar-refractivity contribution in [2.75, 3.05) is 0 Å². The lowest BCUT2D eigenvalue weighted by atomic mass is 10.0. The number of hydrogen-bond acceptors (Lipinski definition) is 1. The SMILES string of the molecule is Cc1nc2c(-c3ccc(F)cc3)[c]ccc2[nH]1. The van der Waals surface area contributed by atoms with Crippen molar-refractivity contribution in [3.05, 3.63) is 54.1 Å².